The number of nitrogens with zero attached hydrogens (tertiary/aromatic N) is 2. The van der Waals surface area contributed by atoms with E-state index in [1.54, 1.807) is 7.11 Å². The first-order valence-corrected chi connectivity index (χ1v) is 13.8. The van der Waals surface area contributed by atoms with Gasteiger partial charge in [0, 0.05) is 42.9 Å². The van der Waals surface area contributed by atoms with Crippen LogP contribution in [0.15, 0.2) is 22.5 Å². The predicted octanol–water partition coefficient (Wildman–Crippen LogP) is 3.66. The summed E-state index contributed by atoms with van der Waals surface area (Å²) in [6.45, 7) is 6.67. The molecular formula is C28H41N3O7. The number of carboxylic acids is 2. The molecule has 1 saturated heterocycles. The van der Waals surface area contributed by atoms with E-state index in [1.807, 2.05) is 0 Å². The minimum absolute atomic E-state index is 0.149. The van der Waals surface area contributed by atoms with E-state index in [0.29, 0.717) is 47.0 Å². The largest absolute Gasteiger partial charge is 0.478 e. The van der Waals surface area contributed by atoms with E-state index in [1.165, 1.54) is 17.8 Å². The molecule has 5 fully saturated rings. The first kappa shape index (κ1) is 28.3. The molecule has 0 amide bonds. The number of nitrogens with one attached hydrogen (secondary N) is 1. The van der Waals surface area contributed by atoms with E-state index in [9.17, 15) is 14.4 Å². The van der Waals surface area contributed by atoms with Gasteiger partial charge in [0.15, 0.2) is 0 Å². The lowest BCUT2D eigenvalue weighted by Gasteiger charge is -2.59. The highest BCUT2D eigenvalue weighted by atomic mass is 16.6. The number of carbonyl (C=O) groups is 3. The van der Waals surface area contributed by atoms with Crippen LogP contribution < -0.4 is 5.32 Å². The van der Waals surface area contributed by atoms with Gasteiger partial charge in [-0.3, -0.25) is 4.79 Å². The fourth-order valence-electron chi connectivity index (χ4n) is 7.85. The summed E-state index contributed by atoms with van der Waals surface area (Å²) in [6.07, 6.45) is 10.5. The van der Waals surface area contributed by atoms with Crippen molar-refractivity contribution in [1.82, 2.24) is 5.32 Å². The van der Waals surface area contributed by atoms with Crippen LogP contribution in [0.25, 0.3) is 0 Å². The van der Waals surface area contributed by atoms with E-state index in [-0.39, 0.29) is 11.5 Å². The molecule has 5 aliphatic rings. The van der Waals surface area contributed by atoms with Crippen molar-refractivity contribution in [2.45, 2.75) is 77.7 Å². The summed E-state index contributed by atoms with van der Waals surface area (Å²) in [4.78, 5) is 43.0. The lowest BCUT2D eigenvalue weighted by molar-refractivity contribution is -0.134. The number of carboxylic acid groups (broad SMARTS) is 2. The van der Waals surface area contributed by atoms with Gasteiger partial charge in [-0.2, -0.15) is 0 Å². The molecule has 4 aliphatic carbocycles. The van der Waals surface area contributed by atoms with Gasteiger partial charge in [0.05, 0.1) is 11.4 Å². The summed E-state index contributed by atoms with van der Waals surface area (Å²) in [5.41, 5.74) is 2.57. The highest BCUT2D eigenvalue weighted by Crippen LogP contribution is 2.64. The number of hydrogen-bond donors (Lipinski definition) is 3. The first-order chi connectivity index (χ1) is 18.1. The maximum atomic E-state index is 12.8. The number of oxime groups is 2. The molecule has 0 aromatic carbocycles. The van der Waals surface area contributed by atoms with Gasteiger partial charge in [-0.1, -0.05) is 24.2 Å². The second-order valence-electron chi connectivity index (χ2n) is 11.9. The van der Waals surface area contributed by atoms with Crippen molar-refractivity contribution >= 4 is 29.1 Å². The molecule has 4 saturated carbocycles. The fourth-order valence-corrected chi connectivity index (χ4v) is 7.85. The molecule has 210 valence electrons. The number of carbonyl (C=O) groups excluding carboxylic acids is 1. The van der Waals surface area contributed by atoms with Crippen LogP contribution in [0.2, 0.25) is 0 Å². The summed E-state index contributed by atoms with van der Waals surface area (Å²) in [7, 11) is 1.66. The van der Waals surface area contributed by atoms with Crippen LogP contribution >= 0.6 is 0 Å². The Balaban J connectivity index is 0.000000368. The van der Waals surface area contributed by atoms with Gasteiger partial charge in [0.25, 0.3) is 0 Å². The summed E-state index contributed by atoms with van der Waals surface area (Å²) in [5.74, 6) is -0.0756. The predicted molar refractivity (Wildman–Crippen MR) is 141 cm³/mol. The van der Waals surface area contributed by atoms with E-state index < -0.39 is 11.9 Å². The number of hydrogen-bond acceptors (Lipinski definition) is 8. The number of ketones is 1. The summed E-state index contributed by atoms with van der Waals surface area (Å²) in [5, 5.41) is 28.1. The average Bonchev–Trinajstić information content (AvgIpc) is 3.50. The average molecular weight is 532 g/mol. The van der Waals surface area contributed by atoms with E-state index >= 15 is 0 Å². The zero-order chi connectivity index (χ0) is 27.5. The minimum Gasteiger partial charge on any atom is -0.478 e. The summed E-state index contributed by atoms with van der Waals surface area (Å²) >= 11 is 0. The normalized spacial score (nSPS) is 40.2. The molecule has 7 atom stereocenters. The Labute approximate surface area is 223 Å². The molecule has 1 aliphatic heterocycles. The Kier molecular flexibility index (Phi) is 8.59. The van der Waals surface area contributed by atoms with Crippen molar-refractivity contribution in [3.05, 3.63) is 12.2 Å². The number of Topliss-reactive ketones (excluding diaryl/α,β-unsaturated/α-hetero) is 1. The lowest BCUT2D eigenvalue weighted by atomic mass is 9.45. The Bertz CT molecular complexity index is 1000. The van der Waals surface area contributed by atoms with Crippen LogP contribution in [0, 0.1) is 34.5 Å². The monoisotopic (exact) mass is 531 g/mol. The number of fused-ring (bicyclic) bond motifs is 5. The van der Waals surface area contributed by atoms with Crippen LogP contribution in [0.3, 0.4) is 0 Å². The second kappa shape index (κ2) is 11.6. The maximum absolute atomic E-state index is 12.8. The molecule has 0 aromatic heterocycles. The minimum atomic E-state index is -1.26. The van der Waals surface area contributed by atoms with Gasteiger partial charge in [-0.05, 0) is 74.7 Å². The van der Waals surface area contributed by atoms with Crippen LogP contribution in [-0.2, 0) is 24.1 Å². The smallest absolute Gasteiger partial charge is 0.328 e. The van der Waals surface area contributed by atoms with Crippen molar-refractivity contribution in [3.8, 4) is 0 Å². The van der Waals surface area contributed by atoms with Crippen LogP contribution in [0.5, 0.6) is 0 Å². The molecule has 0 radical (unpaired) electrons. The molecule has 38 heavy (non-hydrogen) atoms. The van der Waals surface area contributed by atoms with Crippen molar-refractivity contribution < 1.29 is 34.3 Å². The van der Waals surface area contributed by atoms with E-state index in [0.717, 1.165) is 64.5 Å². The Hall–Kier alpha value is -2.75. The molecule has 1 heterocycles. The van der Waals surface area contributed by atoms with E-state index in [4.69, 9.17) is 19.9 Å². The summed E-state index contributed by atoms with van der Waals surface area (Å²) < 4.78 is 0. The molecule has 0 bridgehead atoms. The molecule has 0 aromatic rings. The van der Waals surface area contributed by atoms with Crippen molar-refractivity contribution in [3.63, 3.8) is 0 Å². The Morgan fingerprint density at radius 3 is 2.37 bits per heavy atom. The SMILES string of the molecule is CO/N=C1/CC2C/C(=N/O[C@@H]3CCNC3)CC[C@]2(C)[C@H]2CC[C@]3(C)C(=O)CC[C@H]3[C@H]12.O=C(O)/C=C/C(=O)O. The lowest BCUT2D eigenvalue weighted by Crippen LogP contribution is -2.57. The van der Waals surface area contributed by atoms with Crippen LogP contribution in [-0.4, -0.2) is 65.7 Å². The molecule has 5 rings (SSSR count). The Morgan fingerprint density at radius 1 is 1.00 bits per heavy atom. The molecule has 10 nitrogen and oxygen atoms in total. The van der Waals surface area contributed by atoms with Gasteiger partial charge >= 0.3 is 11.9 Å². The topological polar surface area (TPSA) is 147 Å². The molecule has 1 unspecified atom stereocenters. The molecule has 10 heteroatoms. The molecular weight excluding hydrogens is 490 g/mol. The highest BCUT2D eigenvalue weighted by molar-refractivity contribution is 5.94. The first-order valence-electron chi connectivity index (χ1n) is 13.8. The zero-order valence-corrected chi connectivity index (χ0v) is 22.6. The van der Waals surface area contributed by atoms with E-state index in [2.05, 4.69) is 29.5 Å². The number of rotatable bonds is 5. The molecule has 3 N–H and O–H groups in total. The second-order valence-corrected chi connectivity index (χ2v) is 11.9. The van der Waals surface area contributed by atoms with Gasteiger partial charge in [-0.15, -0.1) is 0 Å². The van der Waals surface area contributed by atoms with Crippen LogP contribution in [0.1, 0.15) is 71.6 Å². The third-order valence-corrected chi connectivity index (χ3v) is 9.96. The van der Waals surface area contributed by atoms with Crippen molar-refractivity contribution in [2.24, 2.45) is 44.8 Å². The highest BCUT2D eigenvalue weighted by Gasteiger charge is 2.62. The maximum Gasteiger partial charge on any atom is 0.328 e. The third kappa shape index (κ3) is 5.65. The zero-order valence-electron chi connectivity index (χ0n) is 22.6. The Morgan fingerprint density at radius 2 is 1.74 bits per heavy atom. The van der Waals surface area contributed by atoms with Gasteiger partial charge in [0.1, 0.15) is 19.0 Å². The third-order valence-electron chi connectivity index (χ3n) is 9.96. The van der Waals surface area contributed by atoms with Gasteiger partial charge in [-0.25, -0.2) is 9.59 Å². The van der Waals surface area contributed by atoms with Gasteiger partial charge < -0.3 is 25.2 Å². The van der Waals surface area contributed by atoms with Crippen molar-refractivity contribution in [2.75, 3.05) is 20.2 Å². The quantitative estimate of drug-likeness (QED) is 0.360. The van der Waals surface area contributed by atoms with Crippen LogP contribution in [0.4, 0.5) is 0 Å². The summed E-state index contributed by atoms with van der Waals surface area (Å²) in [6, 6.07) is 0. The standard InChI is InChI=1S/C24H37N3O3.C4H4O4/c1-23-9-6-16(26-30-17-8-11-25-14-17)12-15(23)13-20(27-29-3)22-18-4-5-21(28)24(18,2)10-7-19(22)23;5-3(6)1-2-4(7)8/h15,17-19,22,25H,4-14H2,1-3H3;1-2H,(H,5,6)(H,7,8)/b26-16+,27-20-;2-1+/t15?,17-,18+,19+,22+,23+,24+;/m1./s1. The molecule has 0 spiro atoms. The van der Waals surface area contributed by atoms with Gasteiger partial charge in [0.2, 0.25) is 0 Å². The van der Waals surface area contributed by atoms with Crippen molar-refractivity contribution in [1.29, 1.82) is 0 Å². The number of aliphatic carboxylic acids is 2. The fraction of sp³-hybridized carbons (Fsp3) is 0.750.